The van der Waals surface area contributed by atoms with E-state index in [-0.39, 0.29) is 19.1 Å². The molecule has 1 heterocycles. The molecule has 1 rings (SSSR count). The van der Waals surface area contributed by atoms with Gasteiger partial charge in [-0.3, -0.25) is 0 Å². The van der Waals surface area contributed by atoms with E-state index in [1.807, 2.05) is 27.9 Å². The highest BCUT2D eigenvalue weighted by Crippen LogP contribution is 2.14. The fourth-order valence-electron chi connectivity index (χ4n) is 1.19. The molecule has 7 nitrogen and oxygen atoms in total. The second-order valence-corrected chi connectivity index (χ2v) is 4.58. The lowest BCUT2D eigenvalue weighted by Crippen LogP contribution is -2.25. The van der Waals surface area contributed by atoms with E-state index in [9.17, 15) is 5.11 Å². The average molecular weight is 255 g/mol. The van der Waals surface area contributed by atoms with Crippen LogP contribution in [0.4, 0.5) is 11.9 Å². The summed E-state index contributed by atoms with van der Waals surface area (Å²) in [5, 5.41) is 20.9. The van der Waals surface area contributed by atoms with Gasteiger partial charge in [0.05, 0.1) is 12.7 Å². The minimum atomic E-state index is -0.827. The third-order valence-electron chi connectivity index (χ3n) is 2.26. The molecule has 0 bridgehead atoms. The van der Waals surface area contributed by atoms with Crippen LogP contribution in [0.25, 0.3) is 0 Å². The lowest BCUT2D eigenvalue weighted by atomic mass is 10.2. The van der Waals surface area contributed by atoms with Crippen LogP contribution in [0.2, 0.25) is 0 Å². The van der Waals surface area contributed by atoms with Crippen LogP contribution in [0.1, 0.15) is 25.6 Å². The zero-order chi connectivity index (χ0) is 13.7. The Kier molecular flexibility index (Phi) is 5.24. The van der Waals surface area contributed by atoms with Gasteiger partial charge in [0.1, 0.15) is 5.82 Å². The summed E-state index contributed by atoms with van der Waals surface area (Å²) in [5.41, 5.74) is 0. The van der Waals surface area contributed by atoms with Crippen molar-refractivity contribution in [3.8, 4) is 0 Å². The number of nitrogens with zero attached hydrogens (tertiary/aromatic N) is 4. The first-order chi connectivity index (χ1) is 8.43. The fraction of sp³-hybridized carbons (Fsp3) is 0.727. The molecule has 0 aromatic carbocycles. The summed E-state index contributed by atoms with van der Waals surface area (Å²) >= 11 is 0. The van der Waals surface area contributed by atoms with E-state index in [4.69, 9.17) is 5.11 Å². The maximum absolute atomic E-state index is 9.28. The van der Waals surface area contributed by atoms with Gasteiger partial charge in [-0.1, -0.05) is 13.8 Å². The second-order valence-electron chi connectivity index (χ2n) is 4.58. The average Bonchev–Trinajstić information content (AvgIpc) is 2.35. The van der Waals surface area contributed by atoms with Crippen molar-refractivity contribution in [2.75, 3.05) is 37.5 Å². The van der Waals surface area contributed by atoms with Crippen LogP contribution >= 0.6 is 0 Å². The largest absolute Gasteiger partial charge is 0.394 e. The predicted octanol–water partition coefficient (Wildman–Crippen LogP) is -0.174. The van der Waals surface area contributed by atoms with Crippen molar-refractivity contribution < 1.29 is 10.2 Å². The lowest BCUT2D eigenvalue weighted by Gasteiger charge is -2.15. The molecule has 7 heteroatoms. The summed E-state index contributed by atoms with van der Waals surface area (Å²) in [6.45, 7) is 3.91. The summed E-state index contributed by atoms with van der Waals surface area (Å²) in [5.74, 6) is 1.85. The van der Waals surface area contributed by atoms with Crippen molar-refractivity contribution in [2.24, 2.45) is 0 Å². The Morgan fingerprint density at radius 2 is 1.89 bits per heavy atom. The van der Waals surface area contributed by atoms with E-state index in [2.05, 4.69) is 20.3 Å². The van der Waals surface area contributed by atoms with Gasteiger partial charge in [0.2, 0.25) is 11.9 Å². The highest BCUT2D eigenvalue weighted by atomic mass is 16.3. The molecule has 0 spiro atoms. The molecule has 0 saturated carbocycles. The number of aliphatic hydroxyl groups is 2. The number of hydrogen-bond donors (Lipinski definition) is 3. The Morgan fingerprint density at radius 1 is 1.22 bits per heavy atom. The number of nitrogens with one attached hydrogen (secondary N) is 1. The van der Waals surface area contributed by atoms with Crippen molar-refractivity contribution in [2.45, 2.75) is 25.9 Å². The van der Waals surface area contributed by atoms with Crippen LogP contribution < -0.4 is 10.2 Å². The molecule has 102 valence electrons. The molecule has 3 N–H and O–H groups in total. The van der Waals surface area contributed by atoms with Gasteiger partial charge < -0.3 is 20.4 Å². The van der Waals surface area contributed by atoms with Crippen LogP contribution in [-0.2, 0) is 0 Å². The van der Waals surface area contributed by atoms with Crippen LogP contribution in [0.3, 0.4) is 0 Å². The van der Waals surface area contributed by atoms with Crippen molar-refractivity contribution >= 4 is 11.9 Å². The quantitative estimate of drug-likeness (QED) is 0.649. The molecule has 0 aliphatic rings. The second kappa shape index (κ2) is 6.46. The number of rotatable bonds is 6. The Labute approximate surface area is 107 Å². The number of anilines is 2. The minimum Gasteiger partial charge on any atom is -0.394 e. The molecule has 0 fully saturated rings. The Bertz CT molecular complexity index is 357. The first-order valence-corrected chi connectivity index (χ1v) is 5.90. The first-order valence-electron chi connectivity index (χ1n) is 5.90. The zero-order valence-corrected chi connectivity index (χ0v) is 11.3. The summed E-state index contributed by atoms with van der Waals surface area (Å²) in [6, 6.07) is 0. The molecule has 1 aromatic rings. The normalized spacial score (nSPS) is 12.6. The predicted molar refractivity (Wildman–Crippen MR) is 69.8 cm³/mol. The fourth-order valence-corrected chi connectivity index (χ4v) is 1.19. The monoisotopic (exact) mass is 255 g/mol. The molecule has 0 saturated heterocycles. The van der Waals surface area contributed by atoms with Crippen LogP contribution in [0, 0.1) is 0 Å². The molecule has 1 aromatic heterocycles. The van der Waals surface area contributed by atoms with Crippen molar-refractivity contribution in [3.05, 3.63) is 5.82 Å². The minimum absolute atomic E-state index is 0.190. The van der Waals surface area contributed by atoms with E-state index in [1.165, 1.54) is 0 Å². The van der Waals surface area contributed by atoms with Gasteiger partial charge in [-0.2, -0.15) is 15.0 Å². The molecule has 1 unspecified atom stereocenters. The molecule has 18 heavy (non-hydrogen) atoms. The topological polar surface area (TPSA) is 94.4 Å². The van der Waals surface area contributed by atoms with Crippen molar-refractivity contribution in [1.82, 2.24) is 15.0 Å². The van der Waals surface area contributed by atoms with Crippen molar-refractivity contribution in [1.29, 1.82) is 0 Å². The highest BCUT2D eigenvalue weighted by molar-refractivity contribution is 5.36. The molecule has 1 atom stereocenters. The lowest BCUT2D eigenvalue weighted by molar-refractivity contribution is 0.105. The Morgan fingerprint density at radius 3 is 2.39 bits per heavy atom. The number of aliphatic hydroxyl groups excluding tert-OH is 2. The standard InChI is InChI=1S/C11H21N5O2/c1-7(2)9-13-10(12-5-8(18)6-17)15-11(14-9)16(3)4/h7-8,17-18H,5-6H2,1-4H3,(H,12,13,14,15). The van der Waals surface area contributed by atoms with E-state index in [0.717, 1.165) is 0 Å². The Balaban J connectivity index is 2.89. The van der Waals surface area contributed by atoms with E-state index in [1.54, 1.807) is 4.90 Å². The summed E-state index contributed by atoms with van der Waals surface area (Å²) in [4.78, 5) is 14.6. The molecule has 0 aliphatic heterocycles. The molecule has 0 amide bonds. The van der Waals surface area contributed by atoms with Gasteiger partial charge in [-0.15, -0.1) is 0 Å². The van der Waals surface area contributed by atoms with Gasteiger partial charge in [0, 0.05) is 26.6 Å². The molecule has 0 aliphatic carbocycles. The third kappa shape index (κ3) is 4.08. The van der Waals surface area contributed by atoms with E-state index in [0.29, 0.717) is 17.7 Å². The molecule has 0 radical (unpaired) electrons. The van der Waals surface area contributed by atoms with Gasteiger partial charge in [0.15, 0.2) is 0 Å². The maximum atomic E-state index is 9.28. The smallest absolute Gasteiger partial charge is 0.229 e. The maximum Gasteiger partial charge on any atom is 0.229 e. The number of aromatic nitrogens is 3. The van der Waals surface area contributed by atoms with Crippen LogP contribution in [-0.4, -0.2) is 58.5 Å². The van der Waals surface area contributed by atoms with Gasteiger partial charge in [-0.05, 0) is 0 Å². The zero-order valence-electron chi connectivity index (χ0n) is 11.3. The van der Waals surface area contributed by atoms with Gasteiger partial charge in [0.25, 0.3) is 0 Å². The number of hydrogen-bond acceptors (Lipinski definition) is 7. The first kappa shape index (κ1) is 14.6. The van der Waals surface area contributed by atoms with Crippen LogP contribution in [0.5, 0.6) is 0 Å². The van der Waals surface area contributed by atoms with E-state index < -0.39 is 6.10 Å². The van der Waals surface area contributed by atoms with E-state index >= 15 is 0 Å². The highest BCUT2D eigenvalue weighted by Gasteiger charge is 2.11. The van der Waals surface area contributed by atoms with Gasteiger partial charge >= 0.3 is 0 Å². The van der Waals surface area contributed by atoms with Crippen LogP contribution in [0.15, 0.2) is 0 Å². The Hall–Kier alpha value is -1.47. The SMILES string of the molecule is CC(C)c1nc(NCC(O)CO)nc(N(C)C)n1. The van der Waals surface area contributed by atoms with Gasteiger partial charge in [-0.25, -0.2) is 0 Å². The summed E-state index contributed by atoms with van der Waals surface area (Å²) in [6.07, 6.45) is -0.827. The third-order valence-corrected chi connectivity index (χ3v) is 2.26. The molecular weight excluding hydrogens is 234 g/mol. The van der Waals surface area contributed by atoms with Crippen molar-refractivity contribution in [3.63, 3.8) is 0 Å². The summed E-state index contributed by atoms with van der Waals surface area (Å²) in [7, 11) is 3.71. The molecular formula is C11H21N5O2. The summed E-state index contributed by atoms with van der Waals surface area (Å²) < 4.78 is 0.